The second-order valence-electron chi connectivity index (χ2n) is 12.1. The minimum absolute atomic E-state index is 0.0294. The van der Waals surface area contributed by atoms with Gasteiger partial charge in [0.1, 0.15) is 11.5 Å². The molecule has 1 saturated heterocycles. The number of carbonyl (C=O) groups is 3. The number of amides is 2. The van der Waals surface area contributed by atoms with Gasteiger partial charge in [-0.1, -0.05) is 49.2 Å². The summed E-state index contributed by atoms with van der Waals surface area (Å²) in [6, 6.07) is 15.0. The molecule has 3 aliphatic rings. The highest BCUT2D eigenvalue weighted by molar-refractivity contribution is 5.98. The third-order valence-electron chi connectivity index (χ3n) is 9.24. The number of rotatable bonds is 10. The lowest BCUT2D eigenvalue weighted by Gasteiger charge is -2.36. The average molecular weight is 632 g/mol. The van der Waals surface area contributed by atoms with E-state index in [-0.39, 0.29) is 36.4 Å². The number of carboxylic acids is 1. The van der Waals surface area contributed by atoms with Crippen LogP contribution in [0.4, 0.5) is 4.79 Å². The topological polar surface area (TPSA) is 144 Å². The number of aromatic nitrogens is 2. The summed E-state index contributed by atoms with van der Waals surface area (Å²) in [4.78, 5) is 44.3. The summed E-state index contributed by atoms with van der Waals surface area (Å²) in [6.07, 6.45) is 5.59. The van der Waals surface area contributed by atoms with E-state index in [1.165, 1.54) is 7.11 Å². The third kappa shape index (κ3) is 6.81. The van der Waals surface area contributed by atoms with E-state index in [1.54, 1.807) is 6.33 Å². The van der Waals surface area contributed by atoms with Gasteiger partial charge in [0.05, 0.1) is 50.8 Å². The van der Waals surface area contributed by atoms with E-state index in [2.05, 4.69) is 15.2 Å². The zero-order valence-electron chi connectivity index (χ0n) is 26.0. The summed E-state index contributed by atoms with van der Waals surface area (Å²) in [7, 11) is 1.37. The number of aliphatic carboxylic acids is 1. The number of nitrogens with zero attached hydrogens (tertiary/aromatic N) is 3. The van der Waals surface area contributed by atoms with Crippen molar-refractivity contribution in [2.75, 3.05) is 40.0 Å². The molecule has 1 saturated carbocycles. The molecule has 3 heterocycles. The summed E-state index contributed by atoms with van der Waals surface area (Å²) in [5, 5.41) is 15.6. The fraction of sp³-hybridized carbons (Fsp3) is 0.471. The molecule has 46 heavy (non-hydrogen) atoms. The number of ether oxygens (including phenoxy) is 3. The van der Waals surface area contributed by atoms with Crippen molar-refractivity contribution < 1.29 is 33.7 Å². The largest absolute Gasteiger partial charge is 0.493 e. The Morgan fingerprint density at radius 2 is 1.96 bits per heavy atom. The van der Waals surface area contributed by atoms with E-state index < -0.39 is 12.1 Å². The molecule has 0 bridgehead atoms. The van der Waals surface area contributed by atoms with Crippen molar-refractivity contribution in [1.82, 2.24) is 25.1 Å². The fourth-order valence-electron chi connectivity index (χ4n) is 6.94. The Balaban J connectivity index is 1.19. The van der Waals surface area contributed by atoms with E-state index in [9.17, 15) is 19.5 Å². The molecule has 244 valence electrons. The van der Waals surface area contributed by atoms with Gasteiger partial charge in [0.2, 0.25) is 0 Å². The first-order chi connectivity index (χ1) is 22.4. The van der Waals surface area contributed by atoms with Gasteiger partial charge in [-0.2, -0.15) is 0 Å². The number of carboxylic acid groups (broad SMARTS) is 1. The number of alkyl carbamates (subject to hydrolysis) is 1. The van der Waals surface area contributed by atoms with Crippen molar-refractivity contribution >= 4 is 18.0 Å². The maximum atomic E-state index is 14.3. The number of methoxy groups -OCH3 is 1. The van der Waals surface area contributed by atoms with Crippen LogP contribution in [0.5, 0.6) is 11.5 Å². The normalized spacial score (nSPS) is 22.4. The van der Waals surface area contributed by atoms with E-state index >= 15 is 0 Å². The van der Waals surface area contributed by atoms with Gasteiger partial charge in [-0.15, -0.1) is 0 Å². The van der Waals surface area contributed by atoms with Crippen LogP contribution in [0.25, 0.3) is 11.3 Å². The van der Waals surface area contributed by atoms with Crippen LogP contribution in [-0.4, -0.2) is 89.6 Å². The summed E-state index contributed by atoms with van der Waals surface area (Å²) in [5.74, 6) is 0.160. The number of imidazole rings is 1. The SMILES string of the molecule is COC(=O)N[C@H]1CCCC[C@@H]1n1cnc(C(=O)N2CCNC[C@H]2CCOc2ccc3c(c2)OCC3CC(=O)O)c1-c1ccccc1. The molecule has 1 unspecified atom stereocenters. The van der Waals surface area contributed by atoms with Gasteiger partial charge in [0.25, 0.3) is 5.91 Å². The van der Waals surface area contributed by atoms with Gasteiger partial charge in [0.15, 0.2) is 5.69 Å². The highest BCUT2D eigenvalue weighted by Gasteiger charge is 2.35. The Hall–Kier alpha value is -4.58. The highest BCUT2D eigenvalue weighted by atomic mass is 16.5. The molecule has 2 aliphatic heterocycles. The van der Waals surface area contributed by atoms with Crippen molar-refractivity contribution in [3.8, 4) is 22.8 Å². The zero-order valence-corrected chi connectivity index (χ0v) is 26.0. The van der Waals surface area contributed by atoms with Crippen molar-refractivity contribution in [2.24, 2.45) is 0 Å². The molecule has 0 spiro atoms. The van der Waals surface area contributed by atoms with Crippen LogP contribution in [0, 0.1) is 0 Å². The first kappa shape index (κ1) is 31.4. The zero-order chi connectivity index (χ0) is 32.0. The average Bonchev–Trinajstić information content (AvgIpc) is 3.69. The minimum Gasteiger partial charge on any atom is -0.493 e. The van der Waals surface area contributed by atoms with Crippen molar-refractivity contribution in [3.63, 3.8) is 0 Å². The predicted molar refractivity (Wildman–Crippen MR) is 169 cm³/mol. The monoisotopic (exact) mass is 631 g/mol. The number of fused-ring (bicyclic) bond motifs is 1. The Bertz CT molecular complexity index is 1540. The van der Waals surface area contributed by atoms with Gasteiger partial charge in [0, 0.05) is 55.2 Å². The Kier molecular flexibility index (Phi) is 9.72. The number of carbonyl (C=O) groups excluding carboxylic acids is 2. The Morgan fingerprint density at radius 1 is 1.13 bits per heavy atom. The number of nitrogens with one attached hydrogen (secondary N) is 2. The number of hydrogen-bond donors (Lipinski definition) is 3. The number of hydrogen-bond acceptors (Lipinski definition) is 8. The van der Waals surface area contributed by atoms with Gasteiger partial charge in [-0.25, -0.2) is 9.78 Å². The number of piperazine rings is 1. The predicted octanol–water partition coefficient (Wildman–Crippen LogP) is 4.22. The van der Waals surface area contributed by atoms with Crippen LogP contribution in [-0.2, 0) is 9.53 Å². The second-order valence-corrected chi connectivity index (χ2v) is 12.1. The highest BCUT2D eigenvalue weighted by Crippen LogP contribution is 2.39. The Morgan fingerprint density at radius 3 is 2.76 bits per heavy atom. The van der Waals surface area contributed by atoms with Crippen LogP contribution >= 0.6 is 0 Å². The van der Waals surface area contributed by atoms with E-state index in [0.29, 0.717) is 56.5 Å². The van der Waals surface area contributed by atoms with E-state index in [0.717, 1.165) is 42.5 Å². The molecule has 12 heteroatoms. The van der Waals surface area contributed by atoms with Crippen LogP contribution in [0.1, 0.15) is 66.5 Å². The van der Waals surface area contributed by atoms with E-state index in [4.69, 9.17) is 19.2 Å². The van der Waals surface area contributed by atoms with Crippen LogP contribution in [0.3, 0.4) is 0 Å². The summed E-state index contributed by atoms with van der Waals surface area (Å²) < 4.78 is 18.8. The molecule has 1 aliphatic carbocycles. The molecule has 2 fully saturated rings. The first-order valence-electron chi connectivity index (χ1n) is 16.0. The Labute approximate surface area is 268 Å². The molecule has 12 nitrogen and oxygen atoms in total. The maximum absolute atomic E-state index is 14.3. The lowest BCUT2D eigenvalue weighted by atomic mass is 9.89. The fourth-order valence-corrected chi connectivity index (χ4v) is 6.94. The van der Waals surface area contributed by atoms with Crippen LogP contribution < -0.4 is 20.1 Å². The van der Waals surface area contributed by atoms with Crippen molar-refractivity contribution in [3.05, 3.63) is 66.1 Å². The molecular weight excluding hydrogens is 590 g/mol. The molecule has 3 N–H and O–H groups in total. The first-order valence-corrected chi connectivity index (χ1v) is 16.0. The summed E-state index contributed by atoms with van der Waals surface area (Å²) >= 11 is 0. The molecule has 0 radical (unpaired) electrons. The lowest BCUT2D eigenvalue weighted by Crippen LogP contribution is -2.54. The second kappa shape index (κ2) is 14.2. The minimum atomic E-state index is -0.849. The molecule has 1 aromatic heterocycles. The lowest BCUT2D eigenvalue weighted by molar-refractivity contribution is -0.137. The summed E-state index contributed by atoms with van der Waals surface area (Å²) in [6.45, 7) is 2.58. The van der Waals surface area contributed by atoms with Gasteiger partial charge in [-0.3, -0.25) is 9.59 Å². The van der Waals surface area contributed by atoms with Gasteiger partial charge >= 0.3 is 12.1 Å². The maximum Gasteiger partial charge on any atom is 0.407 e. The molecule has 2 amide bonds. The third-order valence-corrected chi connectivity index (χ3v) is 9.24. The summed E-state index contributed by atoms with van der Waals surface area (Å²) in [5.41, 5.74) is 2.93. The van der Waals surface area contributed by atoms with E-state index in [1.807, 2.05) is 53.4 Å². The van der Waals surface area contributed by atoms with Crippen molar-refractivity contribution in [1.29, 1.82) is 0 Å². The van der Waals surface area contributed by atoms with Gasteiger partial charge < -0.3 is 39.4 Å². The molecule has 2 aromatic carbocycles. The quantitative estimate of drug-likeness (QED) is 0.300. The molecular formula is C34H41N5O7. The molecule has 3 aromatic rings. The smallest absolute Gasteiger partial charge is 0.407 e. The van der Waals surface area contributed by atoms with Crippen molar-refractivity contribution in [2.45, 2.75) is 62.6 Å². The molecule has 4 atom stereocenters. The standard InChI is InChI=1S/C34H41N5O7/c1-44-34(43)37-27-9-5-6-10-28(27)39-21-36-31(32(39)22-7-3-2-4-8-22)33(42)38-15-14-35-19-24(38)13-16-45-25-11-12-26-23(17-30(40)41)20-46-29(26)18-25/h2-4,7-8,11-12,18,21,23-24,27-28,35H,5-6,9-10,13-17,19-20H2,1H3,(H,37,43)(H,40,41)/t23?,24-,27+,28+/m1/s1. The van der Waals surface area contributed by atoms with Crippen LogP contribution in [0.2, 0.25) is 0 Å². The molecule has 6 rings (SSSR count). The number of benzene rings is 2. The van der Waals surface area contributed by atoms with Gasteiger partial charge in [-0.05, 0) is 18.9 Å². The van der Waals surface area contributed by atoms with Crippen LogP contribution in [0.15, 0.2) is 54.9 Å².